The molecule has 0 spiro atoms. The van der Waals surface area contributed by atoms with Gasteiger partial charge in [-0.05, 0) is 25.3 Å². The van der Waals surface area contributed by atoms with Gasteiger partial charge in [-0.15, -0.1) is 0 Å². The van der Waals surface area contributed by atoms with Gasteiger partial charge in [0.2, 0.25) is 0 Å². The SMILES string of the molecule is Cc1cccc(Cn2cnc(CNC3CC3)n2)c1. The Hall–Kier alpha value is -1.68. The van der Waals surface area contributed by atoms with Gasteiger partial charge in [-0.2, -0.15) is 5.10 Å². The maximum Gasteiger partial charge on any atom is 0.164 e. The van der Waals surface area contributed by atoms with Gasteiger partial charge in [0.1, 0.15) is 6.33 Å². The molecule has 1 fully saturated rings. The average Bonchev–Trinajstić information content (AvgIpc) is 3.08. The first-order valence-electron chi connectivity index (χ1n) is 6.47. The normalized spacial score (nSPS) is 14.9. The summed E-state index contributed by atoms with van der Waals surface area (Å²) in [6.45, 7) is 3.68. The number of benzene rings is 1. The van der Waals surface area contributed by atoms with Crippen molar-refractivity contribution in [3.8, 4) is 0 Å². The van der Waals surface area contributed by atoms with Crippen molar-refractivity contribution in [3.05, 3.63) is 47.5 Å². The molecule has 2 aromatic rings. The third-order valence-electron chi connectivity index (χ3n) is 3.14. The van der Waals surface area contributed by atoms with Crippen molar-refractivity contribution in [2.45, 2.75) is 38.9 Å². The van der Waals surface area contributed by atoms with E-state index in [0.29, 0.717) is 6.04 Å². The summed E-state index contributed by atoms with van der Waals surface area (Å²) in [5.74, 6) is 0.884. The van der Waals surface area contributed by atoms with Gasteiger partial charge in [0.15, 0.2) is 5.82 Å². The molecule has 0 atom stereocenters. The predicted octanol–water partition coefficient (Wildman–Crippen LogP) is 1.89. The molecule has 0 aliphatic heterocycles. The van der Waals surface area contributed by atoms with Crippen LogP contribution in [0.4, 0.5) is 0 Å². The molecule has 18 heavy (non-hydrogen) atoms. The minimum Gasteiger partial charge on any atom is -0.307 e. The topological polar surface area (TPSA) is 42.7 Å². The van der Waals surface area contributed by atoms with Crippen LogP contribution in [0.5, 0.6) is 0 Å². The Kier molecular flexibility index (Phi) is 3.11. The number of aryl methyl sites for hydroxylation is 1. The molecule has 1 aliphatic carbocycles. The molecule has 94 valence electrons. The van der Waals surface area contributed by atoms with Crippen LogP contribution in [0.1, 0.15) is 29.8 Å². The third kappa shape index (κ3) is 2.96. The van der Waals surface area contributed by atoms with Gasteiger partial charge in [-0.3, -0.25) is 0 Å². The number of aromatic nitrogens is 3. The molecule has 1 aromatic carbocycles. The number of nitrogens with zero attached hydrogens (tertiary/aromatic N) is 3. The first-order valence-corrected chi connectivity index (χ1v) is 6.47. The van der Waals surface area contributed by atoms with Crippen molar-refractivity contribution in [1.82, 2.24) is 20.1 Å². The van der Waals surface area contributed by atoms with Crippen LogP contribution in [-0.4, -0.2) is 20.8 Å². The molecule has 3 rings (SSSR count). The molecule has 0 amide bonds. The highest BCUT2D eigenvalue weighted by atomic mass is 15.3. The van der Waals surface area contributed by atoms with E-state index in [1.807, 2.05) is 11.0 Å². The fraction of sp³-hybridized carbons (Fsp3) is 0.429. The van der Waals surface area contributed by atoms with Crippen molar-refractivity contribution in [2.75, 3.05) is 0 Å². The number of rotatable bonds is 5. The highest BCUT2D eigenvalue weighted by Gasteiger charge is 2.20. The molecule has 0 unspecified atom stereocenters. The van der Waals surface area contributed by atoms with Gasteiger partial charge in [0, 0.05) is 6.04 Å². The lowest BCUT2D eigenvalue weighted by Gasteiger charge is -2.02. The fourth-order valence-corrected chi connectivity index (χ4v) is 2.01. The fourth-order valence-electron chi connectivity index (χ4n) is 2.01. The number of nitrogens with one attached hydrogen (secondary N) is 1. The third-order valence-corrected chi connectivity index (χ3v) is 3.14. The summed E-state index contributed by atoms with van der Waals surface area (Å²) in [6.07, 6.45) is 4.40. The Morgan fingerprint density at radius 1 is 1.39 bits per heavy atom. The van der Waals surface area contributed by atoms with E-state index in [9.17, 15) is 0 Å². The molecule has 1 saturated carbocycles. The van der Waals surface area contributed by atoms with Crippen LogP contribution >= 0.6 is 0 Å². The molecule has 1 heterocycles. The summed E-state index contributed by atoms with van der Waals surface area (Å²) in [5.41, 5.74) is 2.55. The average molecular weight is 242 g/mol. The lowest BCUT2D eigenvalue weighted by atomic mass is 10.1. The Morgan fingerprint density at radius 2 is 2.28 bits per heavy atom. The summed E-state index contributed by atoms with van der Waals surface area (Å²) < 4.78 is 1.90. The highest BCUT2D eigenvalue weighted by Crippen LogP contribution is 2.18. The Bertz CT molecular complexity index is 528. The number of hydrogen-bond donors (Lipinski definition) is 1. The zero-order valence-corrected chi connectivity index (χ0v) is 10.6. The lowest BCUT2D eigenvalue weighted by molar-refractivity contribution is 0.628. The van der Waals surface area contributed by atoms with E-state index in [-0.39, 0.29) is 0 Å². The Labute approximate surface area is 107 Å². The molecule has 1 N–H and O–H groups in total. The predicted molar refractivity (Wildman–Crippen MR) is 70.2 cm³/mol. The molecule has 4 heteroatoms. The van der Waals surface area contributed by atoms with Gasteiger partial charge in [0.05, 0.1) is 13.1 Å². The van der Waals surface area contributed by atoms with Crippen LogP contribution in [0.15, 0.2) is 30.6 Å². The quantitative estimate of drug-likeness (QED) is 0.870. The first kappa shape index (κ1) is 11.4. The van der Waals surface area contributed by atoms with Crippen LogP contribution in [0.2, 0.25) is 0 Å². The van der Waals surface area contributed by atoms with Crippen molar-refractivity contribution in [1.29, 1.82) is 0 Å². The van der Waals surface area contributed by atoms with Gasteiger partial charge >= 0.3 is 0 Å². The summed E-state index contributed by atoms with van der Waals surface area (Å²) in [4.78, 5) is 4.32. The van der Waals surface area contributed by atoms with Crippen LogP contribution in [0, 0.1) is 6.92 Å². The van der Waals surface area contributed by atoms with Crippen molar-refractivity contribution in [3.63, 3.8) is 0 Å². The maximum atomic E-state index is 4.48. The molecule has 1 aliphatic rings. The van der Waals surface area contributed by atoms with Crippen LogP contribution in [0.3, 0.4) is 0 Å². The summed E-state index contributed by atoms with van der Waals surface area (Å²) >= 11 is 0. The minimum absolute atomic E-state index is 0.703. The van der Waals surface area contributed by atoms with Crippen molar-refractivity contribution >= 4 is 0 Å². The van der Waals surface area contributed by atoms with E-state index >= 15 is 0 Å². The summed E-state index contributed by atoms with van der Waals surface area (Å²) in [7, 11) is 0. The van der Waals surface area contributed by atoms with Gasteiger partial charge in [-0.25, -0.2) is 9.67 Å². The zero-order chi connectivity index (χ0) is 12.4. The van der Waals surface area contributed by atoms with Crippen LogP contribution < -0.4 is 5.32 Å². The Balaban J connectivity index is 1.61. The van der Waals surface area contributed by atoms with Crippen LogP contribution in [0.25, 0.3) is 0 Å². The molecule has 0 radical (unpaired) electrons. The van der Waals surface area contributed by atoms with Gasteiger partial charge < -0.3 is 5.32 Å². The standard InChI is InChI=1S/C14H18N4/c1-11-3-2-4-12(7-11)9-18-10-16-14(17-18)8-15-13-5-6-13/h2-4,7,10,13,15H,5-6,8-9H2,1H3. The summed E-state index contributed by atoms with van der Waals surface area (Å²) in [5, 5.41) is 7.90. The monoisotopic (exact) mass is 242 g/mol. The molecular weight excluding hydrogens is 224 g/mol. The largest absolute Gasteiger partial charge is 0.307 e. The first-order chi connectivity index (χ1) is 8.79. The Morgan fingerprint density at radius 3 is 3.06 bits per heavy atom. The smallest absolute Gasteiger partial charge is 0.164 e. The van der Waals surface area contributed by atoms with Crippen molar-refractivity contribution < 1.29 is 0 Å². The van der Waals surface area contributed by atoms with E-state index in [1.54, 1.807) is 0 Å². The van der Waals surface area contributed by atoms with Crippen molar-refractivity contribution in [2.24, 2.45) is 0 Å². The molecule has 1 aromatic heterocycles. The van der Waals surface area contributed by atoms with Crippen LogP contribution in [-0.2, 0) is 13.1 Å². The van der Waals surface area contributed by atoms with Gasteiger partial charge in [0.25, 0.3) is 0 Å². The molecular formula is C14H18N4. The van der Waals surface area contributed by atoms with E-state index in [2.05, 4.69) is 46.6 Å². The van der Waals surface area contributed by atoms with Gasteiger partial charge in [-0.1, -0.05) is 29.8 Å². The second-order valence-corrected chi connectivity index (χ2v) is 5.00. The highest BCUT2D eigenvalue weighted by molar-refractivity contribution is 5.22. The second kappa shape index (κ2) is 4.90. The maximum absolute atomic E-state index is 4.48. The molecule has 0 saturated heterocycles. The van der Waals surface area contributed by atoms with E-state index in [1.165, 1.54) is 24.0 Å². The minimum atomic E-state index is 0.703. The van der Waals surface area contributed by atoms with E-state index < -0.39 is 0 Å². The number of hydrogen-bond acceptors (Lipinski definition) is 3. The lowest BCUT2D eigenvalue weighted by Crippen LogP contribution is -2.16. The second-order valence-electron chi connectivity index (χ2n) is 5.00. The molecule has 0 bridgehead atoms. The zero-order valence-electron chi connectivity index (χ0n) is 10.6. The van der Waals surface area contributed by atoms with E-state index in [0.717, 1.165) is 18.9 Å². The van der Waals surface area contributed by atoms with E-state index in [4.69, 9.17) is 0 Å². The molecule has 4 nitrogen and oxygen atoms in total. The summed E-state index contributed by atoms with van der Waals surface area (Å²) in [6, 6.07) is 9.20.